The highest BCUT2D eigenvalue weighted by Crippen LogP contribution is 2.25. The van der Waals surface area contributed by atoms with Crippen molar-refractivity contribution in [2.75, 3.05) is 6.54 Å². The molecule has 18 heavy (non-hydrogen) atoms. The molecule has 0 spiro atoms. The number of rotatable bonds is 5. The van der Waals surface area contributed by atoms with E-state index in [1.165, 1.54) is 11.1 Å². The molecule has 3 nitrogen and oxygen atoms in total. The molecule has 2 aromatic heterocycles. The van der Waals surface area contributed by atoms with Crippen LogP contribution in [0.15, 0.2) is 35.0 Å². The number of nitrogens with zero attached hydrogens (tertiary/aromatic N) is 1. The number of nitrogens with one attached hydrogen (secondary N) is 1. The van der Waals surface area contributed by atoms with E-state index in [0.29, 0.717) is 0 Å². The zero-order valence-electron chi connectivity index (χ0n) is 11.2. The van der Waals surface area contributed by atoms with Crippen LogP contribution in [-0.4, -0.2) is 11.5 Å². The number of aryl methyl sites for hydroxylation is 2. The zero-order chi connectivity index (χ0) is 13.0. The first kappa shape index (κ1) is 12.8. The summed E-state index contributed by atoms with van der Waals surface area (Å²) >= 11 is 0. The molecule has 2 heterocycles. The van der Waals surface area contributed by atoms with Gasteiger partial charge in [-0.25, -0.2) is 0 Å². The van der Waals surface area contributed by atoms with Gasteiger partial charge in [-0.15, -0.1) is 0 Å². The lowest BCUT2D eigenvalue weighted by atomic mass is 10.0. The highest BCUT2D eigenvalue weighted by molar-refractivity contribution is 5.31. The van der Waals surface area contributed by atoms with Gasteiger partial charge in [0.15, 0.2) is 0 Å². The Labute approximate surface area is 108 Å². The summed E-state index contributed by atoms with van der Waals surface area (Å²) in [5, 5.41) is 3.52. The van der Waals surface area contributed by atoms with E-state index < -0.39 is 0 Å². The van der Waals surface area contributed by atoms with Gasteiger partial charge in [-0.2, -0.15) is 0 Å². The lowest BCUT2D eigenvalue weighted by Gasteiger charge is -2.18. The van der Waals surface area contributed by atoms with E-state index in [1.807, 2.05) is 37.5 Å². The summed E-state index contributed by atoms with van der Waals surface area (Å²) in [6, 6.07) is 6.16. The van der Waals surface area contributed by atoms with Crippen molar-refractivity contribution in [1.82, 2.24) is 10.3 Å². The minimum Gasteiger partial charge on any atom is -0.464 e. The molecule has 2 rings (SSSR count). The lowest BCUT2D eigenvalue weighted by Crippen LogP contribution is -2.23. The van der Waals surface area contributed by atoms with Crippen molar-refractivity contribution in [1.29, 1.82) is 0 Å². The van der Waals surface area contributed by atoms with Crippen molar-refractivity contribution in [2.45, 2.75) is 33.2 Å². The van der Waals surface area contributed by atoms with Crippen LogP contribution in [0.25, 0.3) is 0 Å². The SMILES string of the molecule is CCCNC(c1ccc(C)o1)c1cnccc1C. The number of hydrogen-bond donors (Lipinski definition) is 1. The minimum absolute atomic E-state index is 0.0901. The summed E-state index contributed by atoms with van der Waals surface area (Å²) in [4.78, 5) is 4.23. The maximum atomic E-state index is 5.76. The lowest BCUT2D eigenvalue weighted by molar-refractivity contribution is 0.429. The second-order valence-corrected chi connectivity index (χ2v) is 4.57. The Bertz CT molecular complexity index is 505. The van der Waals surface area contributed by atoms with Gasteiger partial charge >= 0.3 is 0 Å². The first-order valence-electron chi connectivity index (χ1n) is 6.42. The van der Waals surface area contributed by atoms with Gasteiger partial charge in [0.05, 0.1) is 6.04 Å². The third-order valence-corrected chi connectivity index (χ3v) is 3.03. The van der Waals surface area contributed by atoms with Crippen LogP contribution in [-0.2, 0) is 0 Å². The Morgan fingerprint density at radius 1 is 1.28 bits per heavy atom. The molecule has 0 radical (unpaired) electrons. The molecule has 1 atom stereocenters. The molecule has 0 aliphatic carbocycles. The molecular formula is C15H20N2O. The van der Waals surface area contributed by atoms with E-state index in [0.717, 1.165) is 24.5 Å². The molecule has 1 N–H and O–H groups in total. The van der Waals surface area contributed by atoms with Crippen molar-refractivity contribution in [3.05, 3.63) is 53.2 Å². The van der Waals surface area contributed by atoms with Gasteiger partial charge in [-0.3, -0.25) is 4.98 Å². The summed E-state index contributed by atoms with van der Waals surface area (Å²) in [5.41, 5.74) is 2.41. The monoisotopic (exact) mass is 244 g/mol. The highest BCUT2D eigenvalue weighted by Gasteiger charge is 2.18. The van der Waals surface area contributed by atoms with Gasteiger partial charge < -0.3 is 9.73 Å². The first-order valence-corrected chi connectivity index (χ1v) is 6.42. The molecule has 0 saturated heterocycles. The van der Waals surface area contributed by atoms with Crippen LogP contribution in [0.1, 0.15) is 42.0 Å². The Morgan fingerprint density at radius 3 is 2.72 bits per heavy atom. The first-order chi connectivity index (χ1) is 8.72. The average molecular weight is 244 g/mol. The van der Waals surface area contributed by atoms with Crippen LogP contribution in [0, 0.1) is 13.8 Å². The molecule has 2 aromatic rings. The maximum Gasteiger partial charge on any atom is 0.125 e. The van der Waals surface area contributed by atoms with Crippen LogP contribution >= 0.6 is 0 Å². The molecule has 96 valence electrons. The second kappa shape index (κ2) is 5.83. The van der Waals surface area contributed by atoms with E-state index in [9.17, 15) is 0 Å². The average Bonchev–Trinajstić information content (AvgIpc) is 2.78. The van der Waals surface area contributed by atoms with Gasteiger partial charge in [-0.1, -0.05) is 6.92 Å². The number of furan rings is 1. The van der Waals surface area contributed by atoms with Crippen molar-refractivity contribution in [3.63, 3.8) is 0 Å². The molecule has 0 fully saturated rings. The molecular weight excluding hydrogens is 224 g/mol. The quantitative estimate of drug-likeness (QED) is 0.876. The van der Waals surface area contributed by atoms with E-state index in [2.05, 4.69) is 24.1 Å². The molecule has 0 aromatic carbocycles. The van der Waals surface area contributed by atoms with Gasteiger partial charge in [0.1, 0.15) is 11.5 Å². The normalized spacial score (nSPS) is 12.6. The summed E-state index contributed by atoms with van der Waals surface area (Å²) in [5.74, 6) is 1.90. The number of aromatic nitrogens is 1. The summed E-state index contributed by atoms with van der Waals surface area (Å²) in [6.07, 6.45) is 4.83. The van der Waals surface area contributed by atoms with Gasteiger partial charge in [0.25, 0.3) is 0 Å². The topological polar surface area (TPSA) is 38.1 Å². The molecule has 0 saturated carbocycles. The summed E-state index contributed by atoms with van der Waals surface area (Å²) < 4.78 is 5.76. The van der Waals surface area contributed by atoms with Crippen molar-refractivity contribution in [2.24, 2.45) is 0 Å². The fourth-order valence-corrected chi connectivity index (χ4v) is 2.04. The summed E-state index contributed by atoms with van der Waals surface area (Å²) in [6.45, 7) is 7.19. The van der Waals surface area contributed by atoms with Gasteiger partial charge in [-0.05, 0) is 56.1 Å². The minimum atomic E-state index is 0.0901. The van der Waals surface area contributed by atoms with Gasteiger partial charge in [0, 0.05) is 12.4 Å². The molecule has 0 aliphatic heterocycles. The van der Waals surface area contributed by atoms with Crippen LogP contribution in [0.5, 0.6) is 0 Å². The molecule has 3 heteroatoms. The third kappa shape index (κ3) is 2.79. The largest absolute Gasteiger partial charge is 0.464 e. The highest BCUT2D eigenvalue weighted by atomic mass is 16.3. The Morgan fingerprint density at radius 2 is 2.11 bits per heavy atom. The molecule has 0 bridgehead atoms. The predicted molar refractivity (Wildman–Crippen MR) is 72.6 cm³/mol. The van der Waals surface area contributed by atoms with Crippen molar-refractivity contribution >= 4 is 0 Å². The molecule has 0 aliphatic rings. The van der Waals surface area contributed by atoms with Crippen LogP contribution in [0.2, 0.25) is 0 Å². The standard InChI is InChI=1S/C15H20N2O/c1-4-8-17-15(14-6-5-12(3)18-14)13-10-16-9-7-11(13)2/h5-7,9-10,15,17H,4,8H2,1-3H3. The molecule has 1 unspecified atom stereocenters. The summed E-state index contributed by atoms with van der Waals surface area (Å²) in [7, 11) is 0. The van der Waals surface area contributed by atoms with Crippen molar-refractivity contribution < 1.29 is 4.42 Å². The predicted octanol–water partition coefficient (Wildman–Crippen LogP) is 3.38. The zero-order valence-corrected chi connectivity index (χ0v) is 11.2. The Hall–Kier alpha value is -1.61. The smallest absolute Gasteiger partial charge is 0.125 e. The van der Waals surface area contributed by atoms with E-state index in [-0.39, 0.29) is 6.04 Å². The van der Waals surface area contributed by atoms with E-state index >= 15 is 0 Å². The number of hydrogen-bond acceptors (Lipinski definition) is 3. The van der Waals surface area contributed by atoms with Crippen LogP contribution in [0.3, 0.4) is 0 Å². The fourth-order valence-electron chi connectivity index (χ4n) is 2.04. The van der Waals surface area contributed by atoms with E-state index in [4.69, 9.17) is 4.42 Å². The molecule has 0 amide bonds. The van der Waals surface area contributed by atoms with Crippen molar-refractivity contribution in [3.8, 4) is 0 Å². The van der Waals surface area contributed by atoms with Gasteiger partial charge in [0.2, 0.25) is 0 Å². The number of pyridine rings is 1. The Kier molecular flexibility index (Phi) is 4.15. The fraction of sp³-hybridized carbons (Fsp3) is 0.400. The second-order valence-electron chi connectivity index (χ2n) is 4.57. The van der Waals surface area contributed by atoms with Crippen LogP contribution < -0.4 is 5.32 Å². The van der Waals surface area contributed by atoms with E-state index in [1.54, 1.807) is 0 Å². The van der Waals surface area contributed by atoms with Crippen LogP contribution in [0.4, 0.5) is 0 Å². The third-order valence-electron chi connectivity index (χ3n) is 3.03. The maximum absolute atomic E-state index is 5.76. The Balaban J connectivity index is 2.33.